The fourth-order valence-electron chi connectivity index (χ4n) is 2.90. The molecule has 0 amide bonds. The Bertz CT molecular complexity index is 764. The topological polar surface area (TPSA) is 9.23 Å². The Kier molecular flexibility index (Phi) is 2.94. The Morgan fingerprint density at radius 2 is 1.19 bits per heavy atom. The highest BCUT2D eigenvalue weighted by molar-refractivity contribution is 6.32. The fourth-order valence-corrected chi connectivity index (χ4v) is 3.08. The lowest BCUT2D eigenvalue weighted by molar-refractivity contribution is 0.252. The maximum Gasteiger partial charge on any atom is 0.150 e. The third kappa shape index (κ3) is 2.01. The van der Waals surface area contributed by atoms with Gasteiger partial charge in [-0.25, -0.2) is 0 Å². The normalized spacial score (nSPS) is 12.8. The third-order valence-electron chi connectivity index (χ3n) is 3.86. The zero-order valence-corrected chi connectivity index (χ0v) is 12.0. The van der Waals surface area contributed by atoms with E-state index < -0.39 is 0 Å². The molecule has 1 aliphatic carbocycles. The molecule has 0 atom stereocenters. The molecule has 102 valence electrons. The molecule has 0 unspecified atom stereocenters. The molecule has 21 heavy (non-hydrogen) atoms. The van der Waals surface area contributed by atoms with E-state index in [4.69, 9.17) is 16.3 Å². The molecule has 3 aromatic carbocycles. The van der Waals surface area contributed by atoms with Gasteiger partial charge in [0.2, 0.25) is 0 Å². The van der Waals surface area contributed by atoms with Gasteiger partial charge >= 0.3 is 0 Å². The molecule has 0 saturated heterocycles. The predicted molar refractivity (Wildman–Crippen MR) is 85.8 cm³/mol. The molecule has 0 heterocycles. The van der Waals surface area contributed by atoms with E-state index in [-0.39, 0.29) is 6.10 Å². The van der Waals surface area contributed by atoms with Gasteiger partial charge < -0.3 is 4.74 Å². The molecular formula is C19H13ClO. The lowest BCUT2D eigenvalue weighted by Crippen LogP contribution is -2.06. The molecule has 0 spiro atoms. The van der Waals surface area contributed by atoms with Crippen LogP contribution in [0, 0.1) is 0 Å². The van der Waals surface area contributed by atoms with Gasteiger partial charge in [0, 0.05) is 11.1 Å². The van der Waals surface area contributed by atoms with Crippen molar-refractivity contribution in [3.8, 4) is 16.9 Å². The summed E-state index contributed by atoms with van der Waals surface area (Å²) >= 11 is 6.23. The number of hydrogen-bond donors (Lipinski definition) is 0. The molecular weight excluding hydrogens is 280 g/mol. The van der Waals surface area contributed by atoms with Crippen LogP contribution in [0.5, 0.6) is 5.75 Å². The third-order valence-corrected chi connectivity index (χ3v) is 4.17. The van der Waals surface area contributed by atoms with Gasteiger partial charge in [0.1, 0.15) is 5.75 Å². The van der Waals surface area contributed by atoms with Crippen LogP contribution in [0.4, 0.5) is 0 Å². The molecule has 0 saturated carbocycles. The summed E-state index contributed by atoms with van der Waals surface area (Å²) in [6, 6.07) is 24.4. The zero-order chi connectivity index (χ0) is 14.2. The summed E-state index contributed by atoms with van der Waals surface area (Å²) in [6.45, 7) is 0. The lowest BCUT2D eigenvalue weighted by Gasteiger charge is -2.17. The van der Waals surface area contributed by atoms with Crippen LogP contribution in [-0.4, -0.2) is 0 Å². The summed E-state index contributed by atoms with van der Waals surface area (Å²) < 4.78 is 6.23. The van der Waals surface area contributed by atoms with E-state index in [1.165, 1.54) is 22.3 Å². The van der Waals surface area contributed by atoms with Crippen molar-refractivity contribution >= 4 is 11.6 Å². The van der Waals surface area contributed by atoms with E-state index >= 15 is 0 Å². The number of para-hydroxylation sites is 1. The average molecular weight is 293 g/mol. The van der Waals surface area contributed by atoms with Crippen LogP contribution >= 0.6 is 11.6 Å². The molecule has 0 aliphatic heterocycles. The Morgan fingerprint density at radius 3 is 1.81 bits per heavy atom. The molecule has 2 heteroatoms. The Labute approximate surface area is 128 Å². The van der Waals surface area contributed by atoms with Gasteiger partial charge in [-0.3, -0.25) is 0 Å². The van der Waals surface area contributed by atoms with Crippen LogP contribution in [0.3, 0.4) is 0 Å². The summed E-state index contributed by atoms with van der Waals surface area (Å²) in [5.41, 5.74) is 4.87. The van der Waals surface area contributed by atoms with Crippen LogP contribution in [0.2, 0.25) is 5.02 Å². The first-order valence-corrected chi connectivity index (χ1v) is 7.32. The van der Waals surface area contributed by atoms with Crippen LogP contribution < -0.4 is 4.74 Å². The first-order chi connectivity index (χ1) is 10.3. The summed E-state index contributed by atoms with van der Waals surface area (Å²) in [6.07, 6.45) is -0.0997. The summed E-state index contributed by atoms with van der Waals surface area (Å²) in [5, 5.41) is 0.638. The molecule has 0 aromatic heterocycles. The molecule has 3 aromatic rings. The van der Waals surface area contributed by atoms with E-state index in [1.807, 2.05) is 36.4 Å². The Balaban J connectivity index is 1.84. The van der Waals surface area contributed by atoms with Gasteiger partial charge in [-0.05, 0) is 23.3 Å². The Morgan fingerprint density at radius 1 is 0.667 bits per heavy atom. The van der Waals surface area contributed by atoms with Crippen molar-refractivity contribution in [2.24, 2.45) is 0 Å². The van der Waals surface area contributed by atoms with Crippen molar-refractivity contribution < 1.29 is 4.74 Å². The molecule has 1 aliphatic rings. The monoisotopic (exact) mass is 292 g/mol. The quantitative estimate of drug-likeness (QED) is 0.607. The average Bonchev–Trinajstić information content (AvgIpc) is 2.85. The number of ether oxygens (including phenoxy) is 1. The van der Waals surface area contributed by atoms with Gasteiger partial charge in [-0.2, -0.15) is 0 Å². The maximum atomic E-state index is 6.23. The second-order valence-corrected chi connectivity index (χ2v) is 5.51. The number of benzene rings is 3. The van der Waals surface area contributed by atoms with Gasteiger partial charge in [0.25, 0.3) is 0 Å². The number of rotatable bonds is 2. The fraction of sp³-hybridized carbons (Fsp3) is 0.0526. The van der Waals surface area contributed by atoms with E-state index in [9.17, 15) is 0 Å². The summed E-state index contributed by atoms with van der Waals surface area (Å²) in [4.78, 5) is 0. The summed E-state index contributed by atoms with van der Waals surface area (Å²) in [5.74, 6) is 0.718. The van der Waals surface area contributed by atoms with Crippen molar-refractivity contribution in [2.45, 2.75) is 6.10 Å². The largest absolute Gasteiger partial charge is 0.479 e. The molecule has 0 N–H and O–H groups in total. The second-order valence-electron chi connectivity index (χ2n) is 5.10. The van der Waals surface area contributed by atoms with Crippen LogP contribution in [0.1, 0.15) is 17.2 Å². The van der Waals surface area contributed by atoms with Crippen molar-refractivity contribution in [3.63, 3.8) is 0 Å². The summed E-state index contributed by atoms with van der Waals surface area (Å²) in [7, 11) is 0. The lowest BCUT2D eigenvalue weighted by atomic mass is 10.1. The van der Waals surface area contributed by atoms with Crippen molar-refractivity contribution in [1.29, 1.82) is 0 Å². The van der Waals surface area contributed by atoms with E-state index in [2.05, 4.69) is 36.4 Å². The van der Waals surface area contributed by atoms with E-state index in [0.29, 0.717) is 5.02 Å². The van der Waals surface area contributed by atoms with Crippen molar-refractivity contribution in [3.05, 3.63) is 88.9 Å². The minimum absolute atomic E-state index is 0.0997. The highest BCUT2D eigenvalue weighted by atomic mass is 35.5. The molecule has 0 bridgehead atoms. The van der Waals surface area contributed by atoms with Crippen molar-refractivity contribution in [2.75, 3.05) is 0 Å². The van der Waals surface area contributed by atoms with Gasteiger partial charge in [0.15, 0.2) is 6.10 Å². The second kappa shape index (κ2) is 4.94. The van der Waals surface area contributed by atoms with Crippen molar-refractivity contribution in [1.82, 2.24) is 0 Å². The smallest absolute Gasteiger partial charge is 0.150 e. The van der Waals surface area contributed by atoms with Crippen LogP contribution in [0.15, 0.2) is 72.8 Å². The number of hydrogen-bond acceptors (Lipinski definition) is 1. The zero-order valence-electron chi connectivity index (χ0n) is 11.3. The van der Waals surface area contributed by atoms with E-state index in [0.717, 1.165) is 5.75 Å². The standard InChI is InChI=1S/C19H13ClO/c20-17-11-5-6-12-18(17)21-19-15-9-3-1-7-13(15)14-8-2-4-10-16(14)19/h1-12,19H. The molecule has 0 fully saturated rings. The highest BCUT2D eigenvalue weighted by Crippen LogP contribution is 2.45. The number of fused-ring (bicyclic) bond motifs is 3. The molecule has 1 nitrogen and oxygen atoms in total. The van der Waals surface area contributed by atoms with Gasteiger partial charge in [-0.15, -0.1) is 0 Å². The first kappa shape index (κ1) is 12.5. The molecule has 4 rings (SSSR count). The van der Waals surface area contributed by atoms with E-state index in [1.54, 1.807) is 0 Å². The van der Waals surface area contributed by atoms with Crippen LogP contribution in [-0.2, 0) is 0 Å². The SMILES string of the molecule is Clc1ccccc1OC1c2ccccc2-c2ccccc21. The first-order valence-electron chi connectivity index (χ1n) is 6.94. The highest BCUT2D eigenvalue weighted by Gasteiger charge is 2.29. The maximum absolute atomic E-state index is 6.23. The number of halogens is 1. The van der Waals surface area contributed by atoms with Crippen LogP contribution in [0.25, 0.3) is 11.1 Å². The van der Waals surface area contributed by atoms with Gasteiger partial charge in [0.05, 0.1) is 5.02 Å². The van der Waals surface area contributed by atoms with Gasteiger partial charge in [-0.1, -0.05) is 72.3 Å². The molecule has 0 radical (unpaired) electrons. The minimum atomic E-state index is -0.0997. The predicted octanol–water partition coefficient (Wildman–Crippen LogP) is 5.49. The minimum Gasteiger partial charge on any atom is -0.479 e. The Hall–Kier alpha value is -2.25.